The first-order valence-electron chi connectivity index (χ1n) is 9.82. The molecule has 2 aromatic carbocycles. The molecule has 29 heavy (non-hydrogen) atoms. The van der Waals surface area contributed by atoms with E-state index in [0.717, 1.165) is 33.8 Å². The van der Waals surface area contributed by atoms with Crippen molar-refractivity contribution in [2.75, 3.05) is 14.2 Å². The minimum absolute atomic E-state index is 0.00634. The van der Waals surface area contributed by atoms with Crippen LogP contribution in [0, 0.1) is 13.8 Å². The van der Waals surface area contributed by atoms with Gasteiger partial charge in [-0.25, -0.2) is 0 Å². The van der Waals surface area contributed by atoms with E-state index in [9.17, 15) is 4.79 Å². The molecular formula is C24H29N3O2. The van der Waals surface area contributed by atoms with E-state index in [0.29, 0.717) is 13.0 Å². The van der Waals surface area contributed by atoms with E-state index >= 15 is 0 Å². The molecule has 152 valence electrons. The third-order valence-electron chi connectivity index (χ3n) is 5.58. The average Bonchev–Trinajstić information content (AvgIpc) is 2.98. The number of nitrogens with zero attached hydrogens (tertiary/aromatic N) is 3. The molecule has 0 bridgehead atoms. The number of ether oxygens (including phenoxy) is 1. The lowest BCUT2D eigenvalue weighted by molar-refractivity contribution is -0.130. The van der Waals surface area contributed by atoms with Crippen molar-refractivity contribution >= 4 is 5.91 Å². The molecule has 0 N–H and O–H groups in total. The summed E-state index contributed by atoms with van der Waals surface area (Å²) >= 11 is 0. The van der Waals surface area contributed by atoms with Crippen molar-refractivity contribution in [1.29, 1.82) is 0 Å². The van der Waals surface area contributed by atoms with Gasteiger partial charge < -0.3 is 9.64 Å². The summed E-state index contributed by atoms with van der Waals surface area (Å²) in [4.78, 5) is 14.9. The highest BCUT2D eigenvalue weighted by Gasteiger charge is 2.22. The molecule has 0 saturated heterocycles. The largest absolute Gasteiger partial charge is 0.497 e. The van der Waals surface area contributed by atoms with Crippen molar-refractivity contribution in [2.24, 2.45) is 7.05 Å². The quantitative estimate of drug-likeness (QED) is 0.606. The highest BCUT2D eigenvalue weighted by molar-refractivity contribution is 5.77. The number of benzene rings is 2. The van der Waals surface area contributed by atoms with Crippen molar-refractivity contribution in [1.82, 2.24) is 14.7 Å². The molecule has 3 aromatic rings. The molecule has 1 aromatic heterocycles. The zero-order valence-electron chi connectivity index (χ0n) is 17.8. The highest BCUT2D eigenvalue weighted by Crippen LogP contribution is 2.30. The number of aryl methyl sites for hydroxylation is 2. The maximum Gasteiger partial charge on any atom is 0.223 e. The summed E-state index contributed by atoms with van der Waals surface area (Å²) in [6.07, 6.45) is 0.408. The van der Waals surface area contributed by atoms with Crippen molar-refractivity contribution in [3.63, 3.8) is 0 Å². The standard InChI is InChI=1S/C24H29N3O2/c1-17-23(18(2)27(4)25-17)16-26(3)24(28)15-22(19-9-7-6-8-10-19)20-11-13-21(29-5)14-12-20/h6-14,22H,15-16H2,1-5H3. The van der Waals surface area contributed by atoms with Crippen molar-refractivity contribution in [3.05, 3.63) is 82.7 Å². The second-order valence-corrected chi connectivity index (χ2v) is 7.46. The summed E-state index contributed by atoms with van der Waals surface area (Å²) in [5.74, 6) is 0.914. The second kappa shape index (κ2) is 8.95. The molecular weight excluding hydrogens is 362 g/mol. The van der Waals surface area contributed by atoms with Gasteiger partial charge >= 0.3 is 0 Å². The van der Waals surface area contributed by atoms with Gasteiger partial charge in [-0.1, -0.05) is 42.5 Å². The molecule has 0 aliphatic heterocycles. The van der Waals surface area contributed by atoms with Crippen LogP contribution in [0.3, 0.4) is 0 Å². The van der Waals surface area contributed by atoms with E-state index in [-0.39, 0.29) is 11.8 Å². The van der Waals surface area contributed by atoms with Gasteiger partial charge in [0, 0.05) is 44.2 Å². The first-order valence-corrected chi connectivity index (χ1v) is 9.82. The zero-order valence-corrected chi connectivity index (χ0v) is 17.8. The smallest absolute Gasteiger partial charge is 0.223 e. The maximum absolute atomic E-state index is 13.1. The van der Waals surface area contributed by atoms with Crippen LogP contribution in [-0.2, 0) is 18.4 Å². The van der Waals surface area contributed by atoms with Gasteiger partial charge in [0.15, 0.2) is 0 Å². The van der Waals surface area contributed by atoms with Crippen LogP contribution in [0.4, 0.5) is 0 Å². The zero-order chi connectivity index (χ0) is 21.0. The predicted octanol–water partition coefficient (Wildman–Crippen LogP) is 4.23. The van der Waals surface area contributed by atoms with E-state index in [1.54, 1.807) is 12.0 Å². The van der Waals surface area contributed by atoms with E-state index in [1.165, 1.54) is 0 Å². The molecule has 1 atom stereocenters. The van der Waals surface area contributed by atoms with Crippen LogP contribution in [0.2, 0.25) is 0 Å². The van der Waals surface area contributed by atoms with Gasteiger partial charge in [-0.3, -0.25) is 9.48 Å². The van der Waals surface area contributed by atoms with Crippen LogP contribution < -0.4 is 4.74 Å². The molecule has 3 rings (SSSR count). The van der Waals surface area contributed by atoms with E-state index in [1.807, 2.05) is 75.1 Å². The Kier molecular flexibility index (Phi) is 6.37. The van der Waals surface area contributed by atoms with E-state index in [2.05, 4.69) is 17.2 Å². The molecule has 1 amide bonds. The summed E-state index contributed by atoms with van der Waals surface area (Å²) in [6, 6.07) is 18.2. The second-order valence-electron chi connectivity index (χ2n) is 7.46. The van der Waals surface area contributed by atoms with Gasteiger partial charge in [0.2, 0.25) is 5.91 Å². The number of methoxy groups -OCH3 is 1. The average molecular weight is 392 g/mol. The monoisotopic (exact) mass is 391 g/mol. The molecule has 0 radical (unpaired) electrons. The lowest BCUT2D eigenvalue weighted by atomic mass is 9.88. The summed E-state index contributed by atoms with van der Waals surface area (Å²) in [6.45, 7) is 4.59. The number of hydrogen-bond acceptors (Lipinski definition) is 3. The summed E-state index contributed by atoms with van der Waals surface area (Å²) in [5, 5.41) is 4.46. The third-order valence-corrected chi connectivity index (χ3v) is 5.58. The number of aromatic nitrogens is 2. The summed E-state index contributed by atoms with van der Waals surface area (Å²) < 4.78 is 7.15. The molecule has 1 unspecified atom stereocenters. The fourth-order valence-electron chi connectivity index (χ4n) is 3.65. The van der Waals surface area contributed by atoms with Gasteiger partial charge in [0.05, 0.1) is 12.8 Å². The Bertz CT molecular complexity index is 962. The molecule has 0 spiro atoms. The molecule has 5 nitrogen and oxygen atoms in total. The Balaban J connectivity index is 1.82. The Labute approximate surface area is 172 Å². The number of carbonyl (C=O) groups excluding carboxylic acids is 1. The minimum Gasteiger partial charge on any atom is -0.497 e. The third kappa shape index (κ3) is 4.67. The van der Waals surface area contributed by atoms with Crippen LogP contribution in [0.25, 0.3) is 0 Å². The van der Waals surface area contributed by atoms with Crippen LogP contribution in [0.15, 0.2) is 54.6 Å². The summed E-state index contributed by atoms with van der Waals surface area (Å²) in [5.41, 5.74) is 5.42. The normalized spacial score (nSPS) is 11.9. The van der Waals surface area contributed by atoms with Gasteiger partial charge in [0.25, 0.3) is 0 Å². The Morgan fingerprint density at radius 3 is 2.24 bits per heavy atom. The minimum atomic E-state index is -0.00634. The predicted molar refractivity (Wildman–Crippen MR) is 115 cm³/mol. The molecule has 0 fully saturated rings. The van der Waals surface area contributed by atoms with Gasteiger partial charge in [0.1, 0.15) is 5.75 Å². The van der Waals surface area contributed by atoms with Crippen molar-refractivity contribution < 1.29 is 9.53 Å². The topological polar surface area (TPSA) is 47.4 Å². The number of carbonyl (C=O) groups is 1. The molecule has 0 saturated carbocycles. The van der Waals surface area contributed by atoms with Crippen molar-refractivity contribution in [3.8, 4) is 5.75 Å². The molecule has 1 heterocycles. The summed E-state index contributed by atoms with van der Waals surface area (Å²) in [7, 11) is 5.46. The fraction of sp³-hybridized carbons (Fsp3) is 0.333. The van der Waals surface area contributed by atoms with Crippen LogP contribution >= 0.6 is 0 Å². The maximum atomic E-state index is 13.1. The molecule has 0 aliphatic rings. The Morgan fingerprint density at radius 1 is 1.07 bits per heavy atom. The molecule has 0 aliphatic carbocycles. The van der Waals surface area contributed by atoms with Gasteiger partial charge in [-0.2, -0.15) is 5.10 Å². The SMILES string of the molecule is COc1ccc(C(CC(=O)N(C)Cc2c(C)nn(C)c2C)c2ccccc2)cc1. The van der Waals surface area contributed by atoms with Crippen LogP contribution in [0.5, 0.6) is 5.75 Å². The van der Waals surface area contributed by atoms with Gasteiger partial charge in [-0.15, -0.1) is 0 Å². The highest BCUT2D eigenvalue weighted by atomic mass is 16.5. The lowest BCUT2D eigenvalue weighted by Gasteiger charge is -2.23. The van der Waals surface area contributed by atoms with Crippen molar-refractivity contribution in [2.45, 2.75) is 32.7 Å². The first-order chi connectivity index (χ1) is 13.9. The van der Waals surface area contributed by atoms with Crippen LogP contribution in [0.1, 0.15) is 40.4 Å². The van der Waals surface area contributed by atoms with E-state index < -0.39 is 0 Å². The Morgan fingerprint density at radius 2 is 1.69 bits per heavy atom. The number of hydrogen-bond donors (Lipinski definition) is 0. The van der Waals surface area contributed by atoms with E-state index in [4.69, 9.17) is 4.74 Å². The number of rotatable bonds is 7. The number of amides is 1. The van der Waals surface area contributed by atoms with Gasteiger partial charge in [-0.05, 0) is 37.1 Å². The Hall–Kier alpha value is -3.08. The first kappa shape index (κ1) is 20.6. The van der Waals surface area contributed by atoms with Crippen LogP contribution in [-0.4, -0.2) is 34.7 Å². The fourth-order valence-corrected chi connectivity index (χ4v) is 3.65. The lowest BCUT2D eigenvalue weighted by Crippen LogP contribution is -2.28. The molecule has 5 heteroatoms.